The molecule has 0 aliphatic carbocycles. The van der Waals surface area contributed by atoms with Crippen molar-refractivity contribution in [2.24, 2.45) is 28.1 Å². The van der Waals surface area contributed by atoms with Crippen LogP contribution in [0.2, 0.25) is 0 Å². The van der Waals surface area contributed by atoms with E-state index in [2.05, 4.69) is 10.3 Å². The Balaban J connectivity index is 2.13. The predicted octanol–water partition coefficient (Wildman–Crippen LogP) is -1.04. The fourth-order valence-corrected chi connectivity index (χ4v) is 4.64. The maximum atomic E-state index is 13.2. The van der Waals surface area contributed by atoms with Crippen LogP contribution < -0.4 is 22.5 Å². The third kappa shape index (κ3) is 7.31. The van der Waals surface area contributed by atoms with Crippen LogP contribution in [0.1, 0.15) is 58.8 Å². The van der Waals surface area contributed by atoms with Crippen LogP contribution in [0.3, 0.4) is 0 Å². The van der Waals surface area contributed by atoms with Crippen molar-refractivity contribution in [3.63, 3.8) is 0 Å². The number of hydrogen-bond donors (Lipinski definition) is 5. The molecule has 0 spiro atoms. The van der Waals surface area contributed by atoms with Crippen molar-refractivity contribution < 1.29 is 24.3 Å². The number of amides is 3. The summed E-state index contributed by atoms with van der Waals surface area (Å²) in [7, 11) is 0. The van der Waals surface area contributed by atoms with Gasteiger partial charge in [0.15, 0.2) is 5.96 Å². The van der Waals surface area contributed by atoms with Crippen LogP contribution in [0.15, 0.2) is 4.99 Å². The van der Waals surface area contributed by atoms with Gasteiger partial charge in [-0.15, -0.1) is 0 Å². The number of carboxylic acids is 1. The zero-order valence-electron chi connectivity index (χ0n) is 20.1. The number of nitrogens with zero attached hydrogens (tertiary/aromatic N) is 3. The molecule has 2 aliphatic rings. The summed E-state index contributed by atoms with van der Waals surface area (Å²) in [4.78, 5) is 57.6. The second-order valence-electron chi connectivity index (χ2n) is 9.46. The summed E-state index contributed by atoms with van der Waals surface area (Å²) in [6.07, 6.45) is 3.24. The molecule has 2 rings (SSSR count). The number of aliphatic carboxylic acids is 1. The van der Waals surface area contributed by atoms with Gasteiger partial charge in [-0.2, -0.15) is 0 Å². The molecule has 0 aromatic heterocycles. The van der Waals surface area contributed by atoms with Crippen molar-refractivity contribution in [3.8, 4) is 0 Å². The van der Waals surface area contributed by atoms with E-state index in [1.54, 1.807) is 0 Å². The summed E-state index contributed by atoms with van der Waals surface area (Å²) in [6.45, 7) is 4.96. The lowest BCUT2D eigenvalue weighted by atomic mass is 10.0. The van der Waals surface area contributed by atoms with Gasteiger partial charge in [-0.1, -0.05) is 13.8 Å². The number of carboxylic acid groups (broad SMARTS) is 1. The van der Waals surface area contributed by atoms with Gasteiger partial charge < -0.3 is 37.4 Å². The number of likely N-dealkylation sites (tertiary alicyclic amines) is 2. The molecule has 2 fully saturated rings. The van der Waals surface area contributed by atoms with Gasteiger partial charge in [0, 0.05) is 19.6 Å². The molecule has 3 amide bonds. The van der Waals surface area contributed by atoms with E-state index < -0.39 is 42.0 Å². The smallest absolute Gasteiger partial charge is 0.326 e. The number of rotatable bonds is 11. The average molecular weight is 482 g/mol. The Labute approximate surface area is 200 Å². The normalized spacial score (nSPS) is 21.9. The Hall–Kier alpha value is -2.89. The predicted molar refractivity (Wildman–Crippen MR) is 126 cm³/mol. The molecule has 4 atom stereocenters. The van der Waals surface area contributed by atoms with Crippen molar-refractivity contribution >= 4 is 29.7 Å². The molecule has 0 saturated carbocycles. The lowest BCUT2D eigenvalue weighted by Crippen LogP contribution is -2.56. The first-order valence-electron chi connectivity index (χ1n) is 12.0. The summed E-state index contributed by atoms with van der Waals surface area (Å²) in [6, 6.07) is -3.26. The minimum atomic E-state index is -1.07. The average Bonchev–Trinajstić information content (AvgIpc) is 3.43. The largest absolute Gasteiger partial charge is 0.480 e. The van der Waals surface area contributed by atoms with Gasteiger partial charge in [0.2, 0.25) is 17.7 Å². The Morgan fingerprint density at radius 2 is 1.62 bits per heavy atom. The molecular weight excluding hydrogens is 442 g/mol. The molecule has 0 radical (unpaired) electrons. The molecule has 2 aliphatic heterocycles. The van der Waals surface area contributed by atoms with E-state index in [9.17, 15) is 24.3 Å². The number of guanidine groups is 1. The number of nitrogens with one attached hydrogen (secondary N) is 1. The fourth-order valence-electron chi connectivity index (χ4n) is 4.64. The molecule has 4 unspecified atom stereocenters. The Morgan fingerprint density at radius 3 is 2.18 bits per heavy atom. The first kappa shape index (κ1) is 27.4. The van der Waals surface area contributed by atoms with Crippen LogP contribution in [-0.2, 0) is 19.2 Å². The van der Waals surface area contributed by atoms with Gasteiger partial charge >= 0.3 is 5.97 Å². The van der Waals surface area contributed by atoms with Crippen LogP contribution in [0.5, 0.6) is 0 Å². The Morgan fingerprint density at radius 1 is 1.03 bits per heavy atom. The molecular formula is C22H39N7O5. The third-order valence-electron chi connectivity index (χ3n) is 6.26. The van der Waals surface area contributed by atoms with Crippen LogP contribution in [0.25, 0.3) is 0 Å². The summed E-state index contributed by atoms with van der Waals surface area (Å²) in [5.41, 5.74) is 16.8. The zero-order valence-corrected chi connectivity index (χ0v) is 20.1. The molecule has 12 heteroatoms. The number of carbonyl (C=O) groups is 4. The van der Waals surface area contributed by atoms with Crippen molar-refractivity contribution in [2.45, 2.75) is 83.0 Å². The van der Waals surface area contributed by atoms with E-state index in [0.29, 0.717) is 51.6 Å². The second-order valence-corrected chi connectivity index (χ2v) is 9.46. The van der Waals surface area contributed by atoms with E-state index in [0.717, 1.165) is 0 Å². The van der Waals surface area contributed by atoms with E-state index in [1.165, 1.54) is 9.80 Å². The molecule has 8 N–H and O–H groups in total. The summed E-state index contributed by atoms with van der Waals surface area (Å²) >= 11 is 0. The van der Waals surface area contributed by atoms with Crippen LogP contribution in [0, 0.1) is 5.92 Å². The van der Waals surface area contributed by atoms with Crippen molar-refractivity contribution in [1.29, 1.82) is 0 Å². The number of carbonyl (C=O) groups excluding carboxylic acids is 3. The van der Waals surface area contributed by atoms with Gasteiger partial charge in [-0.25, -0.2) is 4.79 Å². The van der Waals surface area contributed by atoms with E-state index in [-0.39, 0.29) is 30.8 Å². The quantitative estimate of drug-likeness (QED) is 0.140. The lowest BCUT2D eigenvalue weighted by molar-refractivity contribution is -0.150. The van der Waals surface area contributed by atoms with Crippen molar-refractivity contribution in [1.82, 2.24) is 15.1 Å². The molecule has 0 bridgehead atoms. The number of nitrogens with two attached hydrogens (primary N) is 3. The second kappa shape index (κ2) is 12.5. The Bertz CT molecular complexity index is 784. The fraction of sp³-hybridized carbons (Fsp3) is 0.773. The summed E-state index contributed by atoms with van der Waals surface area (Å²) in [5, 5.41) is 12.3. The SMILES string of the molecule is CC(C)CC(N)C(=O)N1CCCC1C(=O)NC(CCCN=C(N)N)C(=O)N1CCCC1C(=O)O. The molecule has 12 nitrogen and oxygen atoms in total. The first-order valence-corrected chi connectivity index (χ1v) is 12.0. The van der Waals surface area contributed by atoms with E-state index in [4.69, 9.17) is 17.2 Å². The van der Waals surface area contributed by atoms with Gasteiger partial charge in [0.1, 0.15) is 18.1 Å². The molecule has 0 aromatic carbocycles. The highest BCUT2D eigenvalue weighted by Gasteiger charge is 2.40. The number of hydrogen-bond acceptors (Lipinski definition) is 6. The first-order chi connectivity index (χ1) is 16.0. The summed E-state index contributed by atoms with van der Waals surface area (Å²) < 4.78 is 0. The molecule has 192 valence electrons. The van der Waals surface area contributed by atoms with Crippen LogP contribution >= 0.6 is 0 Å². The standard InChI is InChI=1S/C22H39N7O5/c1-13(2)12-14(23)19(31)28-10-4-7-16(28)18(30)27-15(6-3-9-26-22(24)25)20(32)29-11-5-8-17(29)21(33)34/h13-17H,3-12,23H2,1-2H3,(H,27,30)(H,33,34)(H4,24,25,26). The zero-order chi connectivity index (χ0) is 25.4. The van der Waals surface area contributed by atoms with Gasteiger partial charge in [-0.05, 0) is 50.9 Å². The molecule has 0 aromatic rings. The topological polar surface area (TPSA) is 197 Å². The molecule has 2 saturated heterocycles. The third-order valence-corrected chi connectivity index (χ3v) is 6.26. The van der Waals surface area contributed by atoms with E-state index >= 15 is 0 Å². The number of aliphatic imine (C=N–C) groups is 1. The van der Waals surface area contributed by atoms with Gasteiger partial charge in [0.25, 0.3) is 0 Å². The maximum absolute atomic E-state index is 13.2. The monoisotopic (exact) mass is 481 g/mol. The molecule has 34 heavy (non-hydrogen) atoms. The van der Waals surface area contributed by atoms with Crippen LogP contribution in [0.4, 0.5) is 0 Å². The van der Waals surface area contributed by atoms with Crippen molar-refractivity contribution in [3.05, 3.63) is 0 Å². The maximum Gasteiger partial charge on any atom is 0.326 e. The Kier molecular flexibility index (Phi) is 10.1. The van der Waals surface area contributed by atoms with Crippen molar-refractivity contribution in [2.75, 3.05) is 19.6 Å². The lowest BCUT2D eigenvalue weighted by Gasteiger charge is -2.31. The minimum absolute atomic E-state index is 0.0738. The highest BCUT2D eigenvalue weighted by Crippen LogP contribution is 2.22. The van der Waals surface area contributed by atoms with Gasteiger partial charge in [0.05, 0.1) is 6.04 Å². The minimum Gasteiger partial charge on any atom is -0.480 e. The molecule has 2 heterocycles. The van der Waals surface area contributed by atoms with E-state index in [1.807, 2.05) is 13.8 Å². The highest BCUT2D eigenvalue weighted by molar-refractivity contribution is 5.94. The highest BCUT2D eigenvalue weighted by atomic mass is 16.4. The van der Waals surface area contributed by atoms with Crippen LogP contribution in [-0.4, -0.2) is 88.4 Å². The van der Waals surface area contributed by atoms with Gasteiger partial charge in [-0.3, -0.25) is 19.4 Å². The summed E-state index contributed by atoms with van der Waals surface area (Å²) in [5.74, 6) is -2.06.